The highest BCUT2D eigenvalue weighted by molar-refractivity contribution is 14.1. The number of hydrogen-bond acceptors (Lipinski definition) is 3. The highest BCUT2D eigenvalue weighted by Gasteiger charge is 2.33. The van der Waals surface area contributed by atoms with Crippen LogP contribution in [0, 0.1) is 5.92 Å². The second-order valence-electron chi connectivity index (χ2n) is 6.89. The number of benzene rings is 1. The van der Waals surface area contributed by atoms with Crippen molar-refractivity contribution in [2.24, 2.45) is 5.92 Å². The van der Waals surface area contributed by atoms with Crippen molar-refractivity contribution in [3.05, 3.63) is 54.0 Å². The normalized spacial score (nSPS) is 19.4. The molecule has 0 spiro atoms. The highest BCUT2D eigenvalue weighted by Crippen LogP contribution is 2.39. The van der Waals surface area contributed by atoms with Gasteiger partial charge in [0.05, 0.1) is 11.6 Å². The van der Waals surface area contributed by atoms with Gasteiger partial charge in [-0.2, -0.15) is 18.3 Å². The molecule has 1 amide bonds. The van der Waals surface area contributed by atoms with E-state index in [-0.39, 0.29) is 5.69 Å². The van der Waals surface area contributed by atoms with E-state index in [1.165, 1.54) is 12.1 Å². The zero-order valence-electron chi connectivity index (χ0n) is 14.6. The molecule has 2 aromatic heterocycles. The fourth-order valence-corrected chi connectivity index (χ4v) is 3.99. The van der Waals surface area contributed by atoms with Crippen LogP contribution in [0.3, 0.4) is 0 Å². The number of hydrogen-bond donors (Lipinski definition) is 1. The molecular formula is C19H16F3IN4O. The van der Waals surface area contributed by atoms with Crippen LogP contribution in [0.2, 0.25) is 0 Å². The lowest BCUT2D eigenvalue weighted by molar-refractivity contribution is -0.141. The zero-order valence-corrected chi connectivity index (χ0v) is 16.7. The molecule has 146 valence electrons. The van der Waals surface area contributed by atoms with Gasteiger partial charge in [0.2, 0.25) is 0 Å². The van der Waals surface area contributed by atoms with Crippen molar-refractivity contribution in [3.63, 3.8) is 0 Å². The molecule has 2 heterocycles. The minimum atomic E-state index is -4.60. The molecule has 0 bridgehead atoms. The van der Waals surface area contributed by atoms with Gasteiger partial charge >= 0.3 is 6.18 Å². The first-order valence-electron chi connectivity index (χ1n) is 8.74. The fraction of sp³-hybridized carbons (Fsp3) is 0.316. The maximum atomic E-state index is 12.8. The number of carbonyl (C=O) groups is 1. The molecule has 0 aliphatic heterocycles. The van der Waals surface area contributed by atoms with Crippen molar-refractivity contribution >= 4 is 45.1 Å². The molecule has 0 unspecified atom stereocenters. The molecule has 1 aromatic carbocycles. The van der Waals surface area contributed by atoms with Gasteiger partial charge in [0.25, 0.3) is 5.91 Å². The minimum Gasteiger partial charge on any atom is -0.321 e. The van der Waals surface area contributed by atoms with E-state index in [2.05, 4.69) is 38.0 Å². The summed E-state index contributed by atoms with van der Waals surface area (Å²) in [6.07, 6.45) is -0.424. The topological polar surface area (TPSA) is 59.8 Å². The van der Waals surface area contributed by atoms with Crippen LogP contribution in [0.4, 0.5) is 18.9 Å². The molecule has 9 heteroatoms. The monoisotopic (exact) mass is 500 g/mol. The van der Waals surface area contributed by atoms with Crippen molar-refractivity contribution in [2.45, 2.75) is 25.1 Å². The molecule has 1 aliphatic carbocycles. The molecule has 0 radical (unpaired) electrons. The third-order valence-corrected chi connectivity index (χ3v) is 6.10. The van der Waals surface area contributed by atoms with Gasteiger partial charge in [-0.3, -0.25) is 9.48 Å². The van der Waals surface area contributed by atoms with Crippen molar-refractivity contribution in [1.82, 2.24) is 14.8 Å². The molecule has 1 saturated carbocycles. The number of fused-ring (bicyclic) bond motifs is 1. The Morgan fingerprint density at radius 1 is 1.25 bits per heavy atom. The maximum Gasteiger partial charge on any atom is 0.433 e. The van der Waals surface area contributed by atoms with E-state index in [9.17, 15) is 18.0 Å². The van der Waals surface area contributed by atoms with Gasteiger partial charge in [-0.25, -0.2) is 4.98 Å². The minimum absolute atomic E-state index is 0.287. The van der Waals surface area contributed by atoms with E-state index in [1.807, 2.05) is 10.9 Å². The molecule has 5 nitrogen and oxygen atoms in total. The lowest BCUT2D eigenvalue weighted by Crippen LogP contribution is -2.27. The van der Waals surface area contributed by atoms with Crippen molar-refractivity contribution in [1.29, 1.82) is 0 Å². The predicted octanol–water partition coefficient (Wildman–Crippen LogP) is 5.09. The Kier molecular flexibility index (Phi) is 5.02. The van der Waals surface area contributed by atoms with Crippen molar-refractivity contribution in [2.75, 3.05) is 9.74 Å². The summed E-state index contributed by atoms with van der Waals surface area (Å²) in [6, 6.07) is 8.88. The largest absolute Gasteiger partial charge is 0.433 e. The van der Waals surface area contributed by atoms with Crippen LogP contribution in [0.1, 0.15) is 35.1 Å². The number of nitrogens with one attached hydrogen (secondary N) is 1. The first kappa shape index (κ1) is 19.2. The molecule has 0 saturated heterocycles. The Hall–Kier alpha value is -2.17. The summed E-state index contributed by atoms with van der Waals surface area (Å²) in [5.74, 6) is 0.0504. The van der Waals surface area contributed by atoms with Gasteiger partial charge < -0.3 is 5.32 Å². The zero-order chi connectivity index (χ0) is 19.9. The second-order valence-corrected chi connectivity index (χ2v) is 7.77. The summed E-state index contributed by atoms with van der Waals surface area (Å²) < 4.78 is 41.4. The first-order chi connectivity index (χ1) is 13.3. The third-order valence-electron chi connectivity index (χ3n) is 4.86. The van der Waals surface area contributed by atoms with E-state index >= 15 is 0 Å². The number of amides is 1. The lowest BCUT2D eigenvalue weighted by atomic mass is 9.82. The number of carbonyl (C=O) groups excluding carboxylic acids is 1. The van der Waals surface area contributed by atoms with Gasteiger partial charge in [-0.05, 0) is 49.1 Å². The summed E-state index contributed by atoms with van der Waals surface area (Å²) in [5, 5.41) is 8.06. The van der Waals surface area contributed by atoms with Gasteiger partial charge in [0.1, 0.15) is 11.4 Å². The van der Waals surface area contributed by atoms with E-state index in [0.29, 0.717) is 11.7 Å². The Labute approximate surface area is 172 Å². The number of halogens is 4. The van der Waals surface area contributed by atoms with Gasteiger partial charge in [0, 0.05) is 21.7 Å². The van der Waals surface area contributed by atoms with E-state index in [4.69, 9.17) is 0 Å². The maximum absolute atomic E-state index is 12.8. The van der Waals surface area contributed by atoms with Gasteiger partial charge in [0.15, 0.2) is 0 Å². The molecule has 1 fully saturated rings. The first-order valence-corrected chi connectivity index (χ1v) is 10.3. The SMILES string of the molecule is O=C(Nc1ccc2nn([C@H]3C[C@H](CI)C3)cc2c1)c1cccc(C(F)(F)F)n1. The Morgan fingerprint density at radius 2 is 2.04 bits per heavy atom. The van der Waals surface area contributed by atoms with E-state index in [0.717, 1.165) is 40.2 Å². The van der Waals surface area contributed by atoms with Crippen LogP contribution in [-0.4, -0.2) is 25.1 Å². The quantitative estimate of drug-likeness (QED) is 0.401. The molecular weight excluding hydrogens is 484 g/mol. The molecule has 28 heavy (non-hydrogen) atoms. The highest BCUT2D eigenvalue weighted by atomic mass is 127. The number of nitrogens with zero attached hydrogens (tertiary/aromatic N) is 3. The standard InChI is InChI=1S/C19H16F3IN4O/c20-19(21,22)17-3-1-2-16(25-17)18(28)24-13-4-5-15-12(8-13)10-27(26-15)14-6-11(7-14)9-23/h1-5,8,10-11,14H,6-7,9H2,(H,24,28)/t11-,14-. The predicted molar refractivity (Wildman–Crippen MR) is 108 cm³/mol. The number of pyridine rings is 1. The summed E-state index contributed by atoms with van der Waals surface area (Å²) in [7, 11) is 0. The van der Waals surface area contributed by atoms with Gasteiger partial charge in [-0.1, -0.05) is 28.7 Å². The summed E-state index contributed by atoms with van der Waals surface area (Å²) in [6.45, 7) is 0. The number of rotatable bonds is 4. The lowest BCUT2D eigenvalue weighted by Gasteiger charge is -2.34. The van der Waals surface area contributed by atoms with Crippen molar-refractivity contribution in [3.8, 4) is 0 Å². The van der Waals surface area contributed by atoms with Crippen molar-refractivity contribution < 1.29 is 18.0 Å². The molecule has 3 aromatic rings. The summed E-state index contributed by atoms with van der Waals surface area (Å²) in [5.41, 5.74) is -0.0877. The average molecular weight is 500 g/mol. The summed E-state index contributed by atoms with van der Waals surface area (Å²) in [4.78, 5) is 15.7. The smallest absolute Gasteiger partial charge is 0.321 e. The Bertz CT molecular complexity index is 1030. The molecule has 0 atom stereocenters. The molecule has 1 N–H and O–H groups in total. The third kappa shape index (κ3) is 3.85. The number of alkyl halides is 4. The summed E-state index contributed by atoms with van der Waals surface area (Å²) >= 11 is 2.40. The Morgan fingerprint density at radius 3 is 2.75 bits per heavy atom. The number of aromatic nitrogens is 3. The van der Waals surface area contributed by atoms with Crippen LogP contribution in [0.15, 0.2) is 42.6 Å². The average Bonchev–Trinajstić information content (AvgIpc) is 3.03. The van der Waals surface area contributed by atoms with Crippen LogP contribution in [0.5, 0.6) is 0 Å². The van der Waals surface area contributed by atoms with Gasteiger partial charge in [-0.15, -0.1) is 0 Å². The molecule has 4 rings (SSSR count). The van der Waals surface area contributed by atoms with E-state index in [1.54, 1.807) is 18.2 Å². The van der Waals surface area contributed by atoms with Crippen LogP contribution in [0.25, 0.3) is 10.9 Å². The number of anilines is 1. The Balaban J connectivity index is 1.51. The van der Waals surface area contributed by atoms with Crippen LogP contribution in [-0.2, 0) is 6.18 Å². The molecule has 1 aliphatic rings. The second kappa shape index (κ2) is 7.34. The fourth-order valence-electron chi connectivity index (χ4n) is 3.27. The van der Waals surface area contributed by atoms with Crippen LogP contribution >= 0.6 is 22.6 Å². The van der Waals surface area contributed by atoms with E-state index < -0.39 is 17.8 Å². The van der Waals surface area contributed by atoms with Crippen LogP contribution < -0.4 is 5.32 Å².